The zero-order valence-corrected chi connectivity index (χ0v) is 17.3. The third-order valence-electron chi connectivity index (χ3n) is 4.37. The fourth-order valence-electron chi connectivity index (χ4n) is 2.73. The lowest BCUT2D eigenvalue weighted by Gasteiger charge is -2.08. The summed E-state index contributed by atoms with van der Waals surface area (Å²) in [6, 6.07) is 8.29. The Morgan fingerprint density at radius 1 is 1.21 bits per heavy atom. The number of benzene rings is 1. The third kappa shape index (κ3) is 5.08. The highest BCUT2D eigenvalue weighted by atomic mass is 32.1. The Morgan fingerprint density at radius 2 is 1.97 bits per heavy atom. The van der Waals surface area contributed by atoms with Gasteiger partial charge in [-0.15, -0.1) is 11.3 Å². The minimum atomic E-state index is -0.385. The molecular formula is C21H23N3O4S. The number of carbonyl (C=O) groups is 2. The summed E-state index contributed by atoms with van der Waals surface area (Å²) < 4.78 is 6.45. The van der Waals surface area contributed by atoms with Crippen LogP contribution in [0.4, 0.5) is 5.69 Å². The number of amides is 1. The molecule has 2 aromatic heterocycles. The smallest absolute Gasteiger partial charge is 0.338 e. The average molecular weight is 413 g/mol. The second kappa shape index (κ2) is 9.47. The van der Waals surface area contributed by atoms with E-state index in [1.807, 2.05) is 19.9 Å². The number of aromatic nitrogens is 2. The van der Waals surface area contributed by atoms with E-state index in [0.717, 1.165) is 24.1 Å². The van der Waals surface area contributed by atoms with Crippen LogP contribution in [0.25, 0.3) is 10.2 Å². The van der Waals surface area contributed by atoms with Crippen LogP contribution >= 0.6 is 11.3 Å². The lowest BCUT2D eigenvalue weighted by atomic mass is 10.2. The Hall–Kier alpha value is -3.00. The number of esters is 1. The number of unbranched alkanes of at least 4 members (excludes halogenated alkanes) is 1. The van der Waals surface area contributed by atoms with E-state index in [4.69, 9.17) is 4.74 Å². The topological polar surface area (TPSA) is 90.3 Å². The molecule has 0 aliphatic carbocycles. The Labute approximate surface area is 172 Å². The molecule has 0 spiro atoms. The van der Waals surface area contributed by atoms with Crippen LogP contribution in [0.3, 0.4) is 0 Å². The van der Waals surface area contributed by atoms with E-state index in [9.17, 15) is 14.4 Å². The predicted molar refractivity (Wildman–Crippen MR) is 114 cm³/mol. The van der Waals surface area contributed by atoms with Gasteiger partial charge in [-0.2, -0.15) is 0 Å². The van der Waals surface area contributed by atoms with Crippen molar-refractivity contribution in [3.63, 3.8) is 0 Å². The second-order valence-electron chi connectivity index (χ2n) is 6.58. The summed E-state index contributed by atoms with van der Waals surface area (Å²) in [5, 5.41) is 3.26. The van der Waals surface area contributed by atoms with Crippen LogP contribution in [0.5, 0.6) is 0 Å². The number of hydrogen-bond donors (Lipinski definition) is 1. The van der Waals surface area contributed by atoms with Gasteiger partial charge in [-0.05, 0) is 43.2 Å². The summed E-state index contributed by atoms with van der Waals surface area (Å²) in [4.78, 5) is 42.9. The van der Waals surface area contributed by atoms with Crippen LogP contribution in [-0.4, -0.2) is 28.0 Å². The van der Waals surface area contributed by atoms with Gasteiger partial charge in [0.2, 0.25) is 5.91 Å². The van der Waals surface area contributed by atoms with Gasteiger partial charge >= 0.3 is 5.97 Å². The molecule has 0 radical (unpaired) electrons. The number of aryl methyl sites for hydroxylation is 1. The fourth-order valence-corrected chi connectivity index (χ4v) is 3.66. The highest BCUT2D eigenvalue weighted by molar-refractivity contribution is 7.18. The summed E-state index contributed by atoms with van der Waals surface area (Å²) in [5.74, 6) is -0.734. The molecule has 0 aliphatic heterocycles. The molecule has 29 heavy (non-hydrogen) atoms. The maximum atomic E-state index is 12.6. The molecule has 0 atom stereocenters. The van der Waals surface area contributed by atoms with Gasteiger partial charge in [-0.25, -0.2) is 9.78 Å². The SMILES string of the molecule is CCCCOC(=O)c1ccc(NC(=O)Cn2cnc3sc(CC)cc3c2=O)cc1. The summed E-state index contributed by atoms with van der Waals surface area (Å²) in [6.07, 6.45) is 4.01. The van der Waals surface area contributed by atoms with Crippen LogP contribution in [0.15, 0.2) is 41.5 Å². The van der Waals surface area contributed by atoms with Gasteiger partial charge in [0.15, 0.2) is 0 Å². The van der Waals surface area contributed by atoms with Crippen molar-refractivity contribution in [2.45, 2.75) is 39.7 Å². The molecule has 1 amide bonds. The molecular weight excluding hydrogens is 390 g/mol. The summed E-state index contributed by atoms with van der Waals surface area (Å²) in [6.45, 7) is 4.30. The molecule has 0 bridgehead atoms. The van der Waals surface area contributed by atoms with E-state index in [2.05, 4.69) is 10.3 Å². The monoisotopic (exact) mass is 413 g/mol. The minimum Gasteiger partial charge on any atom is -0.462 e. The van der Waals surface area contributed by atoms with Crippen LogP contribution < -0.4 is 10.9 Å². The molecule has 3 rings (SSSR count). The first-order valence-electron chi connectivity index (χ1n) is 9.56. The first-order chi connectivity index (χ1) is 14.0. The van der Waals surface area contributed by atoms with Crippen LogP contribution in [0.2, 0.25) is 0 Å². The van der Waals surface area contributed by atoms with Crippen molar-refractivity contribution in [2.24, 2.45) is 0 Å². The van der Waals surface area contributed by atoms with Gasteiger partial charge in [-0.1, -0.05) is 20.3 Å². The molecule has 8 heteroatoms. The number of nitrogens with zero attached hydrogens (tertiary/aromatic N) is 2. The van der Waals surface area contributed by atoms with Crippen molar-refractivity contribution in [3.8, 4) is 0 Å². The number of carbonyl (C=O) groups excluding carboxylic acids is 2. The number of fused-ring (bicyclic) bond motifs is 1. The van der Waals surface area contributed by atoms with Gasteiger partial charge in [0.1, 0.15) is 11.4 Å². The first kappa shape index (κ1) is 20.7. The lowest BCUT2D eigenvalue weighted by Crippen LogP contribution is -2.27. The van der Waals surface area contributed by atoms with Gasteiger partial charge in [0, 0.05) is 10.6 Å². The van der Waals surface area contributed by atoms with Crippen LogP contribution in [0, 0.1) is 0 Å². The Kier molecular flexibility index (Phi) is 6.77. The molecule has 152 valence electrons. The highest BCUT2D eigenvalue weighted by Gasteiger charge is 2.12. The highest BCUT2D eigenvalue weighted by Crippen LogP contribution is 2.21. The molecule has 2 heterocycles. The Balaban J connectivity index is 1.63. The molecule has 0 saturated carbocycles. The van der Waals surface area contributed by atoms with Gasteiger partial charge in [0.25, 0.3) is 5.56 Å². The predicted octanol–water partition coefficient (Wildman–Crippen LogP) is 3.62. The largest absolute Gasteiger partial charge is 0.462 e. The number of nitrogens with one attached hydrogen (secondary N) is 1. The van der Waals surface area contributed by atoms with E-state index in [1.165, 1.54) is 22.2 Å². The first-order valence-corrected chi connectivity index (χ1v) is 10.4. The van der Waals surface area contributed by atoms with Gasteiger partial charge in [-0.3, -0.25) is 14.2 Å². The molecule has 3 aromatic rings. The average Bonchev–Trinajstić information content (AvgIpc) is 3.15. The lowest BCUT2D eigenvalue weighted by molar-refractivity contribution is -0.116. The Bertz CT molecular complexity index is 1070. The zero-order valence-electron chi connectivity index (χ0n) is 16.4. The van der Waals surface area contributed by atoms with Crippen LogP contribution in [0.1, 0.15) is 41.9 Å². The molecule has 7 nitrogen and oxygen atoms in total. The summed E-state index contributed by atoms with van der Waals surface area (Å²) in [5.41, 5.74) is 0.728. The molecule has 0 saturated heterocycles. The van der Waals surface area contributed by atoms with E-state index in [-0.39, 0.29) is 24.0 Å². The van der Waals surface area contributed by atoms with Crippen molar-refractivity contribution >= 4 is 39.1 Å². The van der Waals surface area contributed by atoms with E-state index >= 15 is 0 Å². The second-order valence-corrected chi connectivity index (χ2v) is 7.69. The van der Waals surface area contributed by atoms with E-state index in [1.54, 1.807) is 24.3 Å². The van der Waals surface area contributed by atoms with E-state index < -0.39 is 0 Å². The normalized spacial score (nSPS) is 10.8. The standard InChI is InChI=1S/C21H23N3O4S/c1-3-5-10-28-21(27)14-6-8-15(9-7-14)23-18(25)12-24-13-22-19-17(20(24)26)11-16(4-2)29-19/h6-9,11,13H,3-5,10,12H2,1-2H3,(H,23,25). The van der Waals surface area contributed by atoms with Gasteiger partial charge in [0.05, 0.1) is 23.9 Å². The maximum Gasteiger partial charge on any atom is 0.338 e. The van der Waals surface area contributed by atoms with Crippen molar-refractivity contribution in [3.05, 3.63) is 57.5 Å². The summed E-state index contributed by atoms with van der Waals surface area (Å²) in [7, 11) is 0. The number of rotatable bonds is 8. The zero-order chi connectivity index (χ0) is 20.8. The van der Waals surface area contributed by atoms with Crippen molar-refractivity contribution in [1.82, 2.24) is 9.55 Å². The molecule has 0 fully saturated rings. The van der Waals surface area contributed by atoms with Crippen molar-refractivity contribution in [2.75, 3.05) is 11.9 Å². The fraction of sp³-hybridized carbons (Fsp3) is 0.333. The molecule has 0 unspecified atom stereocenters. The molecule has 1 N–H and O–H groups in total. The quantitative estimate of drug-likeness (QED) is 0.450. The van der Waals surface area contributed by atoms with Gasteiger partial charge < -0.3 is 10.1 Å². The molecule has 1 aromatic carbocycles. The number of hydrogen-bond acceptors (Lipinski definition) is 6. The third-order valence-corrected chi connectivity index (χ3v) is 5.55. The summed E-state index contributed by atoms with van der Waals surface area (Å²) >= 11 is 1.49. The maximum absolute atomic E-state index is 12.6. The van der Waals surface area contributed by atoms with E-state index in [0.29, 0.717) is 28.1 Å². The Morgan fingerprint density at radius 3 is 2.66 bits per heavy atom. The van der Waals surface area contributed by atoms with Crippen molar-refractivity contribution < 1.29 is 14.3 Å². The number of thiophene rings is 1. The van der Waals surface area contributed by atoms with Crippen LogP contribution in [-0.2, 0) is 22.5 Å². The molecule has 0 aliphatic rings. The van der Waals surface area contributed by atoms with Crippen molar-refractivity contribution in [1.29, 1.82) is 0 Å². The minimum absolute atomic E-state index is 0.139. The number of ether oxygens (including phenoxy) is 1. The number of anilines is 1.